The fraction of sp³-hybridized carbons (Fsp3) is 0.118. The van der Waals surface area contributed by atoms with Gasteiger partial charge in [-0.1, -0.05) is 6.07 Å². The molecule has 0 aliphatic carbocycles. The van der Waals surface area contributed by atoms with Gasteiger partial charge in [-0.2, -0.15) is 0 Å². The zero-order chi connectivity index (χ0) is 16.8. The second-order valence-electron chi connectivity index (χ2n) is 4.84. The van der Waals surface area contributed by atoms with E-state index in [4.69, 9.17) is 15.6 Å². The van der Waals surface area contributed by atoms with Crippen molar-refractivity contribution in [3.05, 3.63) is 59.2 Å². The number of nitrogens with zero attached hydrogens (tertiary/aromatic N) is 1. The summed E-state index contributed by atoms with van der Waals surface area (Å²) in [5.41, 5.74) is 7.26. The average Bonchev–Trinajstić information content (AvgIpc) is 2.52. The van der Waals surface area contributed by atoms with Gasteiger partial charge in [0, 0.05) is 6.21 Å². The number of aromatic carboxylic acids is 1. The van der Waals surface area contributed by atoms with Gasteiger partial charge in [0.2, 0.25) is 0 Å². The molecule has 0 saturated carbocycles. The maximum atomic E-state index is 11.1. The molecule has 2 rings (SSSR count). The van der Waals surface area contributed by atoms with Crippen LogP contribution >= 0.6 is 0 Å². The van der Waals surface area contributed by atoms with Crippen LogP contribution in [0.4, 0.5) is 5.69 Å². The number of benzene rings is 2. The van der Waals surface area contributed by atoms with Gasteiger partial charge in [0.1, 0.15) is 5.75 Å². The lowest BCUT2D eigenvalue weighted by Gasteiger charge is -2.05. The van der Waals surface area contributed by atoms with Crippen LogP contribution in [0.2, 0.25) is 0 Å². The Bertz CT molecular complexity index is 752. The number of amides is 1. The van der Waals surface area contributed by atoms with E-state index in [0.717, 1.165) is 5.56 Å². The summed E-state index contributed by atoms with van der Waals surface area (Å²) in [6.45, 7) is 1.55. The third-order valence-electron chi connectivity index (χ3n) is 3.15. The van der Waals surface area contributed by atoms with Crippen molar-refractivity contribution in [1.82, 2.24) is 0 Å². The minimum atomic E-state index is -0.976. The molecule has 0 heterocycles. The monoisotopic (exact) mass is 312 g/mol. The minimum Gasteiger partial charge on any atom is -0.484 e. The van der Waals surface area contributed by atoms with Gasteiger partial charge in [0.05, 0.1) is 11.3 Å². The summed E-state index contributed by atoms with van der Waals surface area (Å²) in [6, 6.07) is 11.9. The van der Waals surface area contributed by atoms with Crippen LogP contribution in [0.1, 0.15) is 21.5 Å². The highest BCUT2D eigenvalue weighted by molar-refractivity contribution is 5.91. The number of rotatable bonds is 6. The van der Waals surface area contributed by atoms with Crippen LogP contribution in [0.5, 0.6) is 5.75 Å². The van der Waals surface area contributed by atoms with Crippen LogP contribution in [0.15, 0.2) is 47.5 Å². The van der Waals surface area contributed by atoms with E-state index >= 15 is 0 Å². The number of primary amides is 1. The largest absolute Gasteiger partial charge is 0.484 e. The third-order valence-corrected chi connectivity index (χ3v) is 3.15. The first-order valence-corrected chi connectivity index (χ1v) is 6.85. The summed E-state index contributed by atoms with van der Waals surface area (Å²) >= 11 is 0. The van der Waals surface area contributed by atoms with E-state index in [1.165, 1.54) is 0 Å². The number of nitrogens with two attached hydrogens (primary N) is 1. The second-order valence-corrected chi connectivity index (χ2v) is 4.84. The second kappa shape index (κ2) is 7.22. The minimum absolute atomic E-state index is 0.172. The number of carboxylic acid groups (broad SMARTS) is 1. The average molecular weight is 312 g/mol. The van der Waals surface area contributed by atoms with E-state index in [9.17, 15) is 9.59 Å². The van der Waals surface area contributed by atoms with Gasteiger partial charge in [-0.25, -0.2) is 4.79 Å². The summed E-state index contributed by atoms with van der Waals surface area (Å²) in [4.78, 5) is 26.1. The summed E-state index contributed by atoms with van der Waals surface area (Å²) in [7, 11) is 0. The molecule has 3 N–H and O–H groups in total. The number of carboxylic acids is 1. The van der Waals surface area contributed by atoms with Crippen molar-refractivity contribution in [3.63, 3.8) is 0 Å². The molecule has 0 aliphatic rings. The zero-order valence-corrected chi connectivity index (χ0v) is 12.5. The van der Waals surface area contributed by atoms with E-state index in [-0.39, 0.29) is 12.2 Å². The molecular formula is C17H16N2O4. The van der Waals surface area contributed by atoms with E-state index < -0.39 is 11.9 Å². The molecule has 0 fully saturated rings. The van der Waals surface area contributed by atoms with Crippen molar-refractivity contribution in [2.45, 2.75) is 6.92 Å². The predicted molar refractivity (Wildman–Crippen MR) is 86.5 cm³/mol. The molecule has 118 valence electrons. The van der Waals surface area contributed by atoms with Crippen LogP contribution in [0.3, 0.4) is 0 Å². The molecule has 6 nitrogen and oxygen atoms in total. The van der Waals surface area contributed by atoms with Crippen molar-refractivity contribution in [3.8, 4) is 5.75 Å². The Hall–Kier alpha value is -3.15. The lowest BCUT2D eigenvalue weighted by Crippen LogP contribution is -2.19. The molecule has 0 bridgehead atoms. The smallest absolute Gasteiger partial charge is 0.336 e. The van der Waals surface area contributed by atoms with E-state index in [1.54, 1.807) is 55.6 Å². The molecule has 0 spiro atoms. The molecule has 23 heavy (non-hydrogen) atoms. The molecule has 0 aromatic heterocycles. The Morgan fingerprint density at radius 1 is 1.22 bits per heavy atom. The van der Waals surface area contributed by atoms with Gasteiger partial charge >= 0.3 is 5.97 Å². The highest BCUT2D eigenvalue weighted by atomic mass is 16.5. The van der Waals surface area contributed by atoms with E-state index in [0.29, 0.717) is 17.0 Å². The van der Waals surface area contributed by atoms with Crippen LogP contribution < -0.4 is 10.5 Å². The Kier molecular flexibility index (Phi) is 5.09. The first-order chi connectivity index (χ1) is 11.0. The predicted octanol–water partition coefficient (Wildman–Crippen LogP) is 2.31. The number of carbonyl (C=O) groups is 2. The van der Waals surface area contributed by atoms with Crippen molar-refractivity contribution in [2.24, 2.45) is 10.7 Å². The van der Waals surface area contributed by atoms with E-state index in [1.807, 2.05) is 0 Å². The summed E-state index contributed by atoms with van der Waals surface area (Å²) in [5.74, 6) is -0.982. The summed E-state index contributed by atoms with van der Waals surface area (Å²) in [6.07, 6.45) is 1.63. The zero-order valence-electron chi connectivity index (χ0n) is 12.5. The molecule has 2 aromatic rings. The van der Waals surface area contributed by atoms with Crippen molar-refractivity contribution < 1.29 is 19.4 Å². The number of carbonyl (C=O) groups excluding carboxylic acids is 1. The van der Waals surface area contributed by atoms with Crippen LogP contribution in [0.25, 0.3) is 0 Å². The van der Waals surface area contributed by atoms with Gasteiger partial charge in [0.25, 0.3) is 5.91 Å². The maximum Gasteiger partial charge on any atom is 0.336 e. The van der Waals surface area contributed by atoms with E-state index in [2.05, 4.69) is 4.99 Å². The Balaban J connectivity index is 2.13. The number of hydrogen-bond donors (Lipinski definition) is 2. The molecule has 0 saturated heterocycles. The van der Waals surface area contributed by atoms with Gasteiger partial charge < -0.3 is 15.6 Å². The normalized spacial score (nSPS) is 10.7. The molecule has 0 aliphatic heterocycles. The Morgan fingerprint density at radius 2 is 1.91 bits per heavy atom. The van der Waals surface area contributed by atoms with Crippen LogP contribution in [-0.2, 0) is 4.79 Å². The molecule has 0 unspecified atom stereocenters. The number of aliphatic imine (C=N–C) groups is 1. The molecule has 0 radical (unpaired) electrons. The molecule has 1 amide bonds. The standard InChI is InChI=1S/C17H16N2O4/c1-11-14(17(21)22)3-2-4-15(11)19-9-12-5-7-13(8-6-12)23-10-16(18)20/h2-9H,10H2,1H3,(H2,18,20)(H,21,22). The first kappa shape index (κ1) is 16.2. The van der Waals surface area contributed by atoms with Gasteiger partial charge in [0.15, 0.2) is 6.61 Å². The van der Waals surface area contributed by atoms with Crippen molar-refractivity contribution in [1.29, 1.82) is 0 Å². The van der Waals surface area contributed by atoms with Crippen molar-refractivity contribution in [2.75, 3.05) is 6.61 Å². The highest BCUT2D eigenvalue weighted by Crippen LogP contribution is 2.22. The number of hydrogen-bond acceptors (Lipinski definition) is 4. The molecular weight excluding hydrogens is 296 g/mol. The van der Waals surface area contributed by atoms with Gasteiger partial charge in [-0.05, 0) is 54.4 Å². The fourth-order valence-electron chi connectivity index (χ4n) is 1.94. The highest BCUT2D eigenvalue weighted by Gasteiger charge is 2.08. The summed E-state index contributed by atoms with van der Waals surface area (Å²) in [5, 5.41) is 9.10. The van der Waals surface area contributed by atoms with Crippen LogP contribution in [0, 0.1) is 6.92 Å². The lowest BCUT2D eigenvalue weighted by atomic mass is 10.1. The summed E-state index contributed by atoms with van der Waals surface area (Å²) < 4.78 is 5.16. The molecule has 6 heteroatoms. The van der Waals surface area contributed by atoms with Crippen molar-refractivity contribution >= 4 is 23.8 Å². The van der Waals surface area contributed by atoms with Gasteiger partial charge in [-0.15, -0.1) is 0 Å². The molecule has 2 aromatic carbocycles. The SMILES string of the molecule is Cc1c(N=Cc2ccc(OCC(N)=O)cc2)cccc1C(=O)O. The Morgan fingerprint density at radius 3 is 2.52 bits per heavy atom. The quantitative estimate of drug-likeness (QED) is 0.799. The maximum absolute atomic E-state index is 11.1. The topological polar surface area (TPSA) is 102 Å². The number of ether oxygens (including phenoxy) is 1. The van der Waals surface area contributed by atoms with Gasteiger partial charge in [-0.3, -0.25) is 9.79 Å². The lowest BCUT2D eigenvalue weighted by molar-refractivity contribution is -0.119. The van der Waals surface area contributed by atoms with Crippen LogP contribution in [-0.4, -0.2) is 29.8 Å². The molecule has 0 atom stereocenters. The first-order valence-electron chi connectivity index (χ1n) is 6.85. The Labute approximate surface area is 133 Å². The fourth-order valence-corrected chi connectivity index (χ4v) is 1.94. The third kappa shape index (κ3) is 4.41.